The normalized spacial score (nSPS) is 21.1. The number of anilines is 1. The summed E-state index contributed by atoms with van der Waals surface area (Å²) in [6.45, 7) is 0. The maximum Gasteiger partial charge on any atom is 0.274 e. The summed E-state index contributed by atoms with van der Waals surface area (Å²) in [4.78, 5) is 11.8. The summed E-state index contributed by atoms with van der Waals surface area (Å²) >= 11 is 0. The van der Waals surface area contributed by atoms with Crippen molar-refractivity contribution in [3.8, 4) is 0 Å². The Morgan fingerprint density at radius 2 is 1.93 bits per heavy atom. The van der Waals surface area contributed by atoms with E-state index in [1.165, 1.54) is 18.5 Å². The van der Waals surface area contributed by atoms with E-state index >= 15 is 0 Å². The summed E-state index contributed by atoms with van der Waals surface area (Å²) < 4.78 is 1.94. The molecule has 14 heavy (non-hydrogen) atoms. The second-order valence-corrected chi connectivity index (χ2v) is 4.39. The monoisotopic (exact) mass is 190 g/mol. The maximum atomic E-state index is 11.8. The van der Waals surface area contributed by atoms with Gasteiger partial charge in [0.25, 0.3) is 5.56 Å². The number of nitrogens with zero attached hydrogens (tertiary/aromatic N) is 1. The number of rotatable bonds is 2. The Kier molecular flexibility index (Phi) is 1.52. The molecule has 2 aliphatic rings. The van der Waals surface area contributed by atoms with E-state index in [-0.39, 0.29) is 5.56 Å². The van der Waals surface area contributed by atoms with Gasteiger partial charge in [0.2, 0.25) is 0 Å². The van der Waals surface area contributed by atoms with Crippen molar-refractivity contribution in [1.29, 1.82) is 0 Å². The average molecular weight is 190 g/mol. The number of hydrogen-bond donors (Lipinski definition) is 1. The first-order valence-electron chi connectivity index (χ1n) is 5.28. The molecule has 0 spiro atoms. The third-order valence-corrected chi connectivity index (χ3v) is 3.09. The highest BCUT2D eigenvalue weighted by atomic mass is 16.1. The molecular weight excluding hydrogens is 176 g/mol. The minimum atomic E-state index is 0.0249. The summed E-state index contributed by atoms with van der Waals surface area (Å²) in [5.74, 6) is 0.629. The fourth-order valence-electron chi connectivity index (χ4n) is 2.00. The Morgan fingerprint density at radius 3 is 2.50 bits per heavy atom. The molecule has 2 saturated carbocycles. The molecular formula is C11H14N2O. The zero-order valence-electron chi connectivity index (χ0n) is 8.07. The molecule has 2 N–H and O–H groups in total. The number of nitrogen functional groups attached to an aromatic ring is 1. The van der Waals surface area contributed by atoms with Crippen LogP contribution in [0.5, 0.6) is 0 Å². The van der Waals surface area contributed by atoms with Crippen molar-refractivity contribution in [2.45, 2.75) is 37.6 Å². The highest BCUT2D eigenvalue weighted by Gasteiger charge is 2.33. The molecule has 0 aliphatic heterocycles. The van der Waals surface area contributed by atoms with Crippen molar-refractivity contribution in [1.82, 2.24) is 4.57 Å². The molecule has 3 rings (SSSR count). The van der Waals surface area contributed by atoms with E-state index in [4.69, 9.17) is 5.73 Å². The summed E-state index contributed by atoms with van der Waals surface area (Å²) in [6, 6.07) is 4.24. The van der Waals surface area contributed by atoms with Crippen molar-refractivity contribution < 1.29 is 0 Å². The van der Waals surface area contributed by atoms with Gasteiger partial charge >= 0.3 is 0 Å². The summed E-state index contributed by atoms with van der Waals surface area (Å²) in [7, 11) is 0. The standard InChI is InChI=1S/C11H14N2O/c12-9-5-6-10(7-1-2-7)13(11(9)14)8-3-4-8/h5-8H,1-4,12H2. The van der Waals surface area contributed by atoms with E-state index in [1.54, 1.807) is 6.07 Å². The van der Waals surface area contributed by atoms with Crippen molar-refractivity contribution in [3.05, 3.63) is 28.2 Å². The van der Waals surface area contributed by atoms with Crippen LogP contribution in [0, 0.1) is 0 Å². The van der Waals surface area contributed by atoms with Gasteiger partial charge in [-0.05, 0) is 43.7 Å². The topological polar surface area (TPSA) is 48.0 Å². The van der Waals surface area contributed by atoms with Gasteiger partial charge in [-0.1, -0.05) is 0 Å². The van der Waals surface area contributed by atoms with Gasteiger partial charge in [-0.15, -0.1) is 0 Å². The molecule has 1 aromatic heterocycles. The van der Waals surface area contributed by atoms with Gasteiger partial charge in [0.05, 0.1) is 5.69 Å². The molecule has 1 heterocycles. The van der Waals surface area contributed by atoms with Gasteiger partial charge in [0.15, 0.2) is 0 Å². The highest BCUT2D eigenvalue weighted by molar-refractivity contribution is 5.38. The van der Waals surface area contributed by atoms with Gasteiger partial charge in [-0.2, -0.15) is 0 Å². The average Bonchev–Trinajstić information content (AvgIpc) is 3.03. The Hall–Kier alpha value is -1.25. The molecule has 0 atom stereocenters. The van der Waals surface area contributed by atoms with Gasteiger partial charge in [0.1, 0.15) is 0 Å². The first-order chi connectivity index (χ1) is 6.77. The molecule has 74 valence electrons. The molecule has 0 aromatic carbocycles. The van der Waals surface area contributed by atoms with Crippen LogP contribution in [-0.4, -0.2) is 4.57 Å². The van der Waals surface area contributed by atoms with Crippen LogP contribution in [0.1, 0.15) is 43.3 Å². The quantitative estimate of drug-likeness (QED) is 0.770. The number of aromatic nitrogens is 1. The predicted molar refractivity (Wildman–Crippen MR) is 55.4 cm³/mol. The second-order valence-electron chi connectivity index (χ2n) is 4.39. The van der Waals surface area contributed by atoms with Crippen LogP contribution >= 0.6 is 0 Å². The van der Waals surface area contributed by atoms with E-state index in [0.717, 1.165) is 12.8 Å². The largest absolute Gasteiger partial charge is 0.394 e. The molecule has 2 fully saturated rings. The molecule has 1 aromatic rings. The number of nitrogens with two attached hydrogens (primary N) is 1. The van der Waals surface area contributed by atoms with E-state index in [0.29, 0.717) is 17.6 Å². The lowest BCUT2D eigenvalue weighted by atomic mass is 10.2. The lowest BCUT2D eigenvalue weighted by molar-refractivity contribution is 0.662. The molecule has 0 saturated heterocycles. The molecule has 0 amide bonds. The van der Waals surface area contributed by atoms with Gasteiger partial charge in [-0.25, -0.2) is 0 Å². The molecule has 3 nitrogen and oxygen atoms in total. The van der Waals surface area contributed by atoms with Crippen LogP contribution in [0.3, 0.4) is 0 Å². The minimum absolute atomic E-state index is 0.0249. The smallest absolute Gasteiger partial charge is 0.274 e. The van der Waals surface area contributed by atoms with E-state index in [2.05, 4.69) is 0 Å². The third kappa shape index (κ3) is 1.15. The molecule has 0 unspecified atom stereocenters. The van der Waals surface area contributed by atoms with Gasteiger partial charge in [-0.3, -0.25) is 4.79 Å². The Morgan fingerprint density at radius 1 is 1.21 bits per heavy atom. The fourth-order valence-corrected chi connectivity index (χ4v) is 2.00. The van der Waals surface area contributed by atoms with Crippen molar-refractivity contribution in [2.24, 2.45) is 0 Å². The summed E-state index contributed by atoms with van der Waals surface area (Å²) in [5, 5.41) is 0. The molecule has 0 radical (unpaired) electrons. The van der Waals surface area contributed by atoms with Crippen LogP contribution < -0.4 is 11.3 Å². The lowest BCUT2D eigenvalue weighted by Gasteiger charge is -2.11. The number of pyridine rings is 1. The van der Waals surface area contributed by atoms with E-state index in [9.17, 15) is 4.79 Å². The van der Waals surface area contributed by atoms with Gasteiger partial charge in [0, 0.05) is 11.7 Å². The zero-order valence-corrected chi connectivity index (χ0v) is 8.07. The maximum absolute atomic E-state index is 11.8. The second kappa shape index (κ2) is 2.62. The van der Waals surface area contributed by atoms with Crippen LogP contribution in [-0.2, 0) is 0 Å². The van der Waals surface area contributed by atoms with Gasteiger partial charge < -0.3 is 10.3 Å². The zero-order chi connectivity index (χ0) is 9.71. The summed E-state index contributed by atoms with van der Waals surface area (Å²) in [6.07, 6.45) is 4.75. The van der Waals surface area contributed by atoms with Crippen molar-refractivity contribution in [3.63, 3.8) is 0 Å². The third-order valence-electron chi connectivity index (χ3n) is 3.09. The lowest BCUT2D eigenvalue weighted by Crippen LogP contribution is -2.24. The van der Waals surface area contributed by atoms with Crippen molar-refractivity contribution >= 4 is 5.69 Å². The summed E-state index contributed by atoms with van der Waals surface area (Å²) in [5.41, 5.74) is 7.27. The Bertz CT molecular complexity index is 427. The fraction of sp³-hybridized carbons (Fsp3) is 0.545. The van der Waals surface area contributed by atoms with Crippen LogP contribution in [0.25, 0.3) is 0 Å². The van der Waals surface area contributed by atoms with Crippen molar-refractivity contribution in [2.75, 3.05) is 5.73 Å². The molecule has 0 bridgehead atoms. The highest BCUT2D eigenvalue weighted by Crippen LogP contribution is 2.43. The predicted octanol–water partition coefficient (Wildman–Crippen LogP) is 1.64. The van der Waals surface area contributed by atoms with Crippen LogP contribution in [0.15, 0.2) is 16.9 Å². The number of hydrogen-bond acceptors (Lipinski definition) is 2. The van der Waals surface area contributed by atoms with Crippen LogP contribution in [0.4, 0.5) is 5.69 Å². The van der Waals surface area contributed by atoms with Crippen LogP contribution in [0.2, 0.25) is 0 Å². The minimum Gasteiger partial charge on any atom is -0.394 e. The first-order valence-corrected chi connectivity index (χ1v) is 5.28. The molecule has 3 heteroatoms. The Labute approximate surface area is 82.5 Å². The molecule has 2 aliphatic carbocycles. The van der Waals surface area contributed by atoms with E-state index < -0.39 is 0 Å². The van der Waals surface area contributed by atoms with E-state index in [1.807, 2.05) is 10.6 Å². The Balaban J connectivity index is 2.18. The SMILES string of the molecule is Nc1ccc(C2CC2)n(C2CC2)c1=O. The first kappa shape index (κ1) is 8.09.